The number of para-hydroxylation sites is 1. The lowest BCUT2D eigenvalue weighted by Crippen LogP contribution is -2.31. The van der Waals surface area contributed by atoms with Crippen molar-refractivity contribution >= 4 is 29.1 Å². The molecule has 150 valence electrons. The van der Waals surface area contributed by atoms with E-state index in [4.69, 9.17) is 9.47 Å². The molecule has 1 N–H and O–H groups in total. The number of nitrogens with zero attached hydrogens (tertiary/aromatic N) is 1. The fourth-order valence-electron chi connectivity index (χ4n) is 3.38. The van der Waals surface area contributed by atoms with Gasteiger partial charge in [-0.05, 0) is 36.4 Å². The molecule has 4 rings (SSSR count). The lowest BCUT2D eigenvalue weighted by Gasteiger charge is -2.18. The van der Waals surface area contributed by atoms with Crippen LogP contribution in [0.5, 0.6) is 11.5 Å². The standard InChI is InChI=1S/C23H18N2O5/c1-29-19-12-11-14(13-20(19)30-2)24-21(26)17-9-5-6-10-18(17)25-22(27)15-7-3-4-8-16(15)23(25)28/h3-13H,1-2H3,(H,24,26). The lowest BCUT2D eigenvalue weighted by atomic mass is 10.1. The van der Waals surface area contributed by atoms with Gasteiger partial charge >= 0.3 is 0 Å². The third kappa shape index (κ3) is 3.16. The average molecular weight is 402 g/mol. The highest BCUT2D eigenvalue weighted by molar-refractivity contribution is 6.35. The number of amides is 3. The molecule has 0 saturated carbocycles. The van der Waals surface area contributed by atoms with Gasteiger partial charge in [0.05, 0.1) is 36.6 Å². The number of hydrogen-bond acceptors (Lipinski definition) is 5. The van der Waals surface area contributed by atoms with E-state index in [-0.39, 0.29) is 11.3 Å². The molecule has 0 fully saturated rings. The molecular weight excluding hydrogens is 384 g/mol. The van der Waals surface area contributed by atoms with Crippen LogP contribution in [0.2, 0.25) is 0 Å². The number of methoxy groups -OCH3 is 2. The normalized spacial score (nSPS) is 12.5. The topological polar surface area (TPSA) is 84.9 Å². The van der Waals surface area contributed by atoms with Crippen LogP contribution < -0.4 is 19.7 Å². The van der Waals surface area contributed by atoms with Gasteiger partial charge in [-0.25, -0.2) is 4.90 Å². The van der Waals surface area contributed by atoms with Crippen molar-refractivity contribution in [3.05, 3.63) is 83.4 Å². The first kappa shape index (κ1) is 19.2. The molecule has 3 aromatic carbocycles. The largest absolute Gasteiger partial charge is 0.493 e. The number of imide groups is 1. The van der Waals surface area contributed by atoms with E-state index >= 15 is 0 Å². The molecule has 0 spiro atoms. The summed E-state index contributed by atoms with van der Waals surface area (Å²) in [5.41, 5.74) is 1.54. The molecule has 0 aliphatic carbocycles. The van der Waals surface area contributed by atoms with E-state index in [9.17, 15) is 14.4 Å². The number of ether oxygens (including phenoxy) is 2. The summed E-state index contributed by atoms with van der Waals surface area (Å²) in [5, 5.41) is 2.78. The van der Waals surface area contributed by atoms with E-state index in [1.54, 1.807) is 66.7 Å². The first-order chi connectivity index (χ1) is 14.5. The summed E-state index contributed by atoms with van der Waals surface area (Å²) in [5.74, 6) is -0.385. The number of carbonyl (C=O) groups excluding carboxylic acids is 3. The highest BCUT2D eigenvalue weighted by Crippen LogP contribution is 2.32. The third-order valence-corrected chi connectivity index (χ3v) is 4.83. The Morgan fingerprint density at radius 2 is 1.40 bits per heavy atom. The third-order valence-electron chi connectivity index (χ3n) is 4.83. The molecule has 1 aliphatic heterocycles. The summed E-state index contributed by atoms with van der Waals surface area (Å²) in [6.45, 7) is 0. The second-order valence-corrected chi connectivity index (χ2v) is 6.53. The summed E-state index contributed by atoms with van der Waals surface area (Å²) < 4.78 is 10.5. The second-order valence-electron chi connectivity index (χ2n) is 6.53. The van der Waals surface area contributed by atoms with Crippen LogP contribution in [0.1, 0.15) is 31.1 Å². The summed E-state index contributed by atoms with van der Waals surface area (Å²) >= 11 is 0. The number of hydrogen-bond donors (Lipinski definition) is 1. The van der Waals surface area contributed by atoms with Crippen LogP contribution in [0, 0.1) is 0 Å². The van der Waals surface area contributed by atoms with Gasteiger partial charge in [0.25, 0.3) is 17.7 Å². The zero-order valence-corrected chi connectivity index (χ0v) is 16.3. The van der Waals surface area contributed by atoms with Crippen molar-refractivity contribution in [1.29, 1.82) is 0 Å². The molecule has 0 bridgehead atoms. The lowest BCUT2D eigenvalue weighted by molar-refractivity contribution is 0.0926. The number of anilines is 2. The first-order valence-corrected chi connectivity index (χ1v) is 9.15. The Morgan fingerprint density at radius 3 is 2.03 bits per heavy atom. The van der Waals surface area contributed by atoms with Gasteiger partial charge in [-0.1, -0.05) is 24.3 Å². The van der Waals surface area contributed by atoms with Gasteiger partial charge in [0, 0.05) is 11.8 Å². The molecule has 0 radical (unpaired) electrons. The highest BCUT2D eigenvalue weighted by atomic mass is 16.5. The zero-order valence-electron chi connectivity index (χ0n) is 16.3. The summed E-state index contributed by atoms with van der Waals surface area (Å²) in [7, 11) is 3.02. The van der Waals surface area contributed by atoms with Gasteiger partial charge in [0.15, 0.2) is 11.5 Å². The van der Waals surface area contributed by atoms with Crippen molar-refractivity contribution in [3.8, 4) is 11.5 Å². The molecule has 30 heavy (non-hydrogen) atoms. The molecule has 1 heterocycles. The Bertz CT molecular complexity index is 1140. The number of carbonyl (C=O) groups is 3. The monoisotopic (exact) mass is 402 g/mol. The van der Waals surface area contributed by atoms with Gasteiger partial charge in [-0.2, -0.15) is 0 Å². The van der Waals surface area contributed by atoms with Gasteiger partial charge < -0.3 is 14.8 Å². The number of rotatable bonds is 5. The second kappa shape index (κ2) is 7.71. The van der Waals surface area contributed by atoms with Crippen LogP contribution >= 0.6 is 0 Å². The summed E-state index contributed by atoms with van der Waals surface area (Å²) in [6, 6.07) is 18.0. The molecule has 7 nitrogen and oxygen atoms in total. The maximum Gasteiger partial charge on any atom is 0.266 e. The van der Waals surface area contributed by atoms with Crippen LogP contribution in [0.25, 0.3) is 0 Å². The van der Waals surface area contributed by atoms with Crippen molar-refractivity contribution < 1.29 is 23.9 Å². The molecule has 1 aliphatic rings. The smallest absolute Gasteiger partial charge is 0.266 e. The van der Waals surface area contributed by atoms with Crippen molar-refractivity contribution in [2.75, 3.05) is 24.4 Å². The molecule has 0 unspecified atom stereocenters. The minimum atomic E-state index is -0.464. The fraction of sp³-hybridized carbons (Fsp3) is 0.0870. The summed E-state index contributed by atoms with van der Waals surface area (Å²) in [4.78, 5) is 39.7. The molecule has 0 aromatic heterocycles. The minimum absolute atomic E-state index is 0.196. The van der Waals surface area contributed by atoms with Crippen LogP contribution in [0.4, 0.5) is 11.4 Å². The number of nitrogens with one attached hydrogen (secondary N) is 1. The molecule has 3 aromatic rings. The van der Waals surface area contributed by atoms with Gasteiger partial charge in [0.1, 0.15) is 0 Å². The van der Waals surface area contributed by atoms with Crippen LogP contribution in [-0.4, -0.2) is 31.9 Å². The van der Waals surface area contributed by atoms with E-state index < -0.39 is 17.7 Å². The Labute approximate surface area is 172 Å². The fourth-order valence-corrected chi connectivity index (χ4v) is 3.38. The van der Waals surface area contributed by atoms with Crippen LogP contribution in [0.3, 0.4) is 0 Å². The number of benzene rings is 3. The molecule has 0 saturated heterocycles. The average Bonchev–Trinajstić information content (AvgIpc) is 3.04. The predicted molar refractivity (Wildman–Crippen MR) is 112 cm³/mol. The van der Waals surface area contributed by atoms with E-state index in [2.05, 4.69) is 5.32 Å². The van der Waals surface area contributed by atoms with Gasteiger partial charge in [-0.3, -0.25) is 14.4 Å². The van der Waals surface area contributed by atoms with Crippen molar-refractivity contribution in [2.45, 2.75) is 0 Å². The van der Waals surface area contributed by atoms with Crippen molar-refractivity contribution in [1.82, 2.24) is 0 Å². The van der Waals surface area contributed by atoms with E-state index in [0.29, 0.717) is 28.3 Å². The zero-order chi connectivity index (χ0) is 21.3. The highest BCUT2D eigenvalue weighted by Gasteiger charge is 2.37. The Kier molecular flexibility index (Phi) is 4.93. The summed E-state index contributed by atoms with van der Waals surface area (Å²) in [6.07, 6.45) is 0. The molecule has 3 amide bonds. The Hall–Kier alpha value is -4.13. The first-order valence-electron chi connectivity index (χ1n) is 9.15. The van der Waals surface area contributed by atoms with Crippen molar-refractivity contribution in [3.63, 3.8) is 0 Å². The van der Waals surface area contributed by atoms with Gasteiger partial charge in [-0.15, -0.1) is 0 Å². The Balaban J connectivity index is 1.67. The molecular formula is C23H18N2O5. The van der Waals surface area contributed by atoms with Crippen LogP contribution in [0.15, 0.2) is 66.7 Å². The van der Waals surface area contributed by atoms with E-state index in [0.717, 1.165) is 4.90 Å². The Morgan fingerprint density at radius 1 is 0.800 bits per heavy atom. The minimum Gasteiger partial charge on any atom is -0.493 e. The van der Waals surface area contributed by atoms with E-state index in [1.165, 1.54) is 14.2 Å². The maximum atomic E-state index is 13.0. The maximum absolute atomic E-state index is 13.0. The number of fused-ring (bicyclic) bond motifs is 1. The van der Waals surface area contributed by atoms with E-state index in [1.807, 2.05) is 0 Å². The predicted octanol–water partition coefficient (Wildman–Crippen LogP) is 3.76. The quantitative estimate of drug-likeness (QED) is 0.657. The van der Waals surface area contributed by atoms with Gasteiger partial charge in [0.2, 0.25) is 0 Å². The molecule has 0 atom stereocenters. The SMILES string of the molecule is COc1ccc(NC(=O)c2ccccc2N2C(=O)c3ccccc3C2=O)cc1OC. The van der Waals surface area contributed by atoms with Crippen molar-refractivity contribution in [2.24, 2.45) is 0 Å². The molecule has 7 heteroatoms. The van der Waals surface area contributed by atoms with Crippen LogP contribution in [-0.2, 0) is 0 Å².